The van der Waals surface area contributed by atoms with Gasteiger partial charge in [0.25, 0.3) is 10.0 Å². The lowest BCUT2D eigenvalue weighted by atomic mass is 9.98. The molecule has 1 aromatic heterocycles. The standard InChI is InChI=1S/C16H24N2O5S2/c1-11(5-7-14(19)20)17-16(21)13-4-3-9-18(10-13)25(22,23)15-8-6-12(2)24-15/h6,8,11,13H,3-5,7,9-10H2,1-2H3,(H,17,21)(H,19,20). The topological polar surface area (TPSA) is 104 Å². The lowest BCUT2D eigenvalue weighted by molar-refractivity contribution is -0.137. The van der Waals surface area contributed by atoms with E-state index in [1.165, 1.54) is 15.6 Å². The van der Waals surface area contributed by atoms with Crippen LogP contribution in [0.15, 0.2) is 16.3 Å². The second-order valence-electron chi connectivity index (χ2n) is 6.41. The van der Waals surface area contributed by atoms with Crippen molar-refractivity contribution in [2.24, 2.45) is 5.92 Å². The van der Waals surface area contributed by atoms with E-state index in [-0.39, 0.29) is 24.9 Å². The van der Waals surface area contributed by atoms with E-state index >= 15 is 0 Å². The molecule has 0 radical (unpaired) electrons. The molecular weight excluding hydrogens is 364 g/mol. The van der Waals surface area contributed by atoms with Crippen molar-refractivity contribution in [2.75, 3.05) is 13.1 Å². The fraction of sp³-hybridized carbons (Fsp3) is 0.625. The van der Waals surface area contributed by atoms with Gasteiger partial charge in [-0.05, 0) is 45.2 Å². The number of hydrogen-bond acceptors (Lipinski definition) is 5. The molecule has 2 unspecified atom stereocenters. The first-order chi connectivity index (χ1) is 11.7. The average molecular weight is 389 g/mol. The molecule has 7 nitrogen and oxygen atoms in total. The minimum Gasteiger partial charge on any atom is -0.481 e. The molecule has 1 aliphatic rings. The molecule has 140 valence electrons. The number of aryl methyl sites for hydroxylation is 1. The van der Waals surface area contributed by atoms with Crippen molar-refractivity contribution in [2.45, 2.75) is 49.8 Å². The van der Waals surface area contributed by atoms with E-state index in [1.807, 2.05) is 6.92 Å². The first-order valence-corrected chi connectivity index (χ1v) is 10.5. The maximum Gasteiger partial charge on any atom is 0.303 e. The predicted molar refractivity (Wildman–Crippen MR) is 95.0 cm³/mol. The third-order valence-electron chi connectivity index (χ3n) is 4.24. The summed E-state index contributed by atoms with van der Waals surface area (Å²) in [5, 5.41) is 11.5. The molecule has 2 heterocycles. The van der Waals surface area contributed by atoms with Crippen LogP contribution < -0.4 is 5.32 Å². The average Bonchev–Trinajstić information content (AvgIpc) is 3.00. The van der Waals surface area contributed by atoms with E-state index < -0.39 is 21.9 Å². The summed E-state index contributed by atoms with van der Waals surface area (Å²) in [6, 6.07) is 3.12. The quantitative estimate of drug-likeness (QED) is 0.742. The highest BCUT2D eigenvalue weighted by Gasteiger charge is 2.34. The van der Waals surface area contributed by atoms with Crippen molar-refractivity contribution >= 4 is 33.2 Å². The summed E-state index contributed by atoms with van der Waals surface area (Å²) in [5.41, 5.74) is 0. The normalized spacial score (nSPS) is 20.2. The Morgan fingerprint density at radius 1 is 1.44 bits per heavy atom. The van der Waals surface area contributed by atoms with E-state index in [0.29, 0.717) is 30.0 Å². The number of aliphatic carboxylic acids is 1. The molecule has 0 saturated carbocycles. The highest BCUT2D eigenvalue weighted by atomic mass is 32.2. The number of carboxylic acids is 1. The summed E-state index contributed by atoms with van der Waals surface area (Å²) < 4.78 is 27.1. The molecule has 1 saturated heterocycles. The number of carbonyl (C=O) groups is 2. The van der Waals surface area contributed by atoms with E-state index in [1.54, 1.807) is 19.1 Å². The van der Waals surface area contributed by atoms with Gasteiger partial charge in [0.15, 0.2) is 0 Å². The third-order valence-corrected chi connectivity index (χ3v) is 7.58. The Balaban J connectivity index is 1.98. The van der Waals surface area contributed by atoms with Crippen LogP contribution in [0.4, 0.5) is 0 Å². The van der Waals surface area contributed by atoms with Gasteiger partial charge in [-0.15, -0.1) is 11.3 Å². The first-order valence-electron chi connectivity index (χ1n) is 8.29. The van der Waals surface area contributed by atoms with E-state index in [0.717, 1.165) is 4.88 Å². The van der Waals surface area contributed by atoms with Crippen molar-refractivity contribution in [1.82, 2.24) is 9.62 Å². The summed E-state index contributed by atoms with van der Waals surface area (Å²) in [6.45, 7) is 4.19. The Morgan fingerprint density at radius 2 is 2.16 bits per heavy atom. The van der Waals surface area contributed by atoms with E-state index in [2.05, 4.69) is 5.32 Å². The molecule has 0 aromatic carbocycles. The molecule has 1 aliphatic heterocycles. The second kappa shape index (κ2) is 8.29. The molecule has 25 heavy (non-hydrogen) atoms. The van der Waals surface area contributed by atoms with Crippen LogP contribution in [0.5, 0.6) is 0 Å². The molecular formula is C16H24N2O5S2. The monoisotopic (exact) mass is 388 g/mol. The Labute approximate surface area is 152 Å². The van der Waals surface area contributed by atoms with Gasteiger partial charge in [0.05, 0.1) is 5.92 Å². The van der Waals surface area contributed by atoms with E-state index in [9.17, 15) is 18.0 Å². The van der Waals surface area contributed by atoms with Crippen molar-refractivity contribution in [3.05, 3.63) is 17.0 Å². The third kappa shape index (κ3) is 5.26. The van der Waals surface area contributed by atoms with Crippen LogP contribution in [0.25, 0.3) is 0 Å². The van der Waals surface area contributed by atoms with Crippen LogP contribution in [0.2, 0.25) is 0 Å². The lowest BCUT2D eigenvalue weighted by Crippen LogP contribution is -2.47. The summed E-state index contributed by atoms with van der Waals surface area (Å²) in [5.74, 6) is -1.51. The largest absolute Gasteiger partial charge is 0.481 e. The molecule has 2 rings (SSSR count). The Kier molecular flexibility index (Phi) is 6.59. The number of thiophene rings is 1. The van der Waals surface area contributed by atoms with Crippen LogP contribution in [0.1, 0.15) is 37.5 Å². The van der Waals surface area contributed by atoms with E-state index in [4.69, 9.17) is 5.11 Å². The maximum atomic E-state index is 12.7. The zero-order valence-electron chi connectivity index (χ0n) is 14.4. The van der Waals surface area contributed by atoms with Gasteiger partial charge in [0, 0.05) is 30.4 Å². The molecule has 0 bridgehead atoms. The smallest absolute Gasteiger partial charge is 0.303 e. The fourth-order valence-electron chi connectivity index (χ4n) is 2.83. The summed E-state index contributed by atoms with van der Waals surface area (Å²) in [7, 11) is -3.56. The van der Waals surface area contributed by atoms with Gasteiger partial charge in [-0.2, -0.15) is 4.31 Å². The number of nitrogens with one attached hydrogen (secondary N) is 1. The maximum absolute atomic E-state index is 12.7. The van der Waals surface area contributed by atoms with Gasteiger partial charge < -0.3 is 10.4 Å². The van der Waals surface area contributed by atoms with Gasteiger partial charge >= 0.3 is 5.97 Å². The van der Waals surface area contributed by atoms with Gasteiger partial charge in [-0.1, -0.05) is 0 Å². The van der Waals surface area contributed by atoms with Gasteiger partial charge in [-0.25, -0.2) is 8.42 Å². The van der Waals surface area contributed by atoms with Gasteiger partial charge in [0.2, 0.25) is 5.91 Å². The highest BCUT2D eigenvalue weighted by Crippen LogP contribution is 2.28. The number of carboxylic acid groups (broad SMARTS) is 1. The molecule has 2 atom stereocenters. The molecule has 2 N–H and O–H groups in total. The minimum atomic E-state index is -3.56. The highest BCUT2D eigenvalue weighted by molar-refractivity contribution is 7.91. The van der Waals surface area contributed by atoms with Crippen LogP contribution in [-0.2, 0) is 19.6 Å². The van der Waals surface area contributed by atoms with Crippen LogP contribution >= 0.6 is 11.3 Å². The zero-order valence-corrected chi connectivity index (χ0v) is 16.0. The van der Waals surface area contributed by atoms with Crippen LogP contribution in [-0.4, -0.2) is 48.8 Å². The van der Waals surface area contributed by atoms with Gasteiger partial charge in [-0.3, -0.25) is 9.59 Å². The van der Waals surface area contributed by atoms with Crippen LogP contribution in [0.3, 0.4) is 0 Å². The Morgan fingerprint density at radius 3 is 2.76 bits per heavy atom. The summed E-state index contributed by atoms with van der Waals surface area (Å²) in [4.78, 5) is 23.9. The number of amides is 1. The molecule has 1 aromatic rings. The van der Waals surface area contributed by atoms with Gasteiger partial charge in [0.1, 0.15) is 4.21 Å². The van der Waals surface area contributed by atoms with Crippen LogP contribution in [0, 0.1) is 12.8 Å². The predicted octanol–water partition coefficient (Wildman–Crippen LogP) is 1.83. The molecule has 1 fully saturated rings. The number of piperidine rings is 1. The Bertz CT molecular complexity index is 729. The minimum absolute atomic E-state index is 0.00958. The van der Waals surface area contributed by atoms with Crippen molar-refractivity contribution in [3.63, 3.8) is 0 Å². The first kappa shape index (κ1) is 19.9. The SMILES string of the molecule is Cc1ccc(S(=O)(=O)N2CCCC(C(=O)NC(C)CCC(=O)O)C2)s1. The second-order valence-corrected chi connectivity index (χ2v) is 9.86. The fourth-order valence-corrected chi connectivity index (χ4v) is 5.79. The molecule has 0 spiro atoms. The van der Waals surface area contributed by atoms with Crippen molar-refractivity contribution < 1.29 is 23.1 Å². The number of nitrogens with zero attached hydrogens (tertiary/aromatic N) is 1. The number of sulfonamides is 1. The van der Waals surface area contributed by atoms with Crippen molar-refractivity contribution in [3.8, 4) is 0 Å². The zero-order chi connectivity index (χ0) is 18.6. The lowest BCUT2D eigenvalue weighted by Gasteiger charge is -2.31. The molecule has 1 amide bonds. The summed E-state index contributed by atoms with van der Waals surface area (Å²) >= 11 is 1.23. The summed E-state index contributed by atoms with van der Waals surface area (Å²) in [6.07, 6.45) is 1.60. The van der Waals surface area contributed by atoms with Crippen molar-refractivity contribution in [1.29, 1.82) is 0 Å². The Hall–Kier alpha value is -1.45. The molecule has 9 heteroatoms. The number of rotatable bonds is 7. The molecule has 0 aliphatic carbocycles. The number of carbonyl (C=O) groups excluding carboxylic acids is 1. The number of hydrogen-bond donors (Lipinski definition) is 2.